The fourth-order valence-corrected chi connectivity index (χ4v) is 5.20. The molecule has 0 saturated carbocycles. The maximum absolute atomic E-state index is 14.5. The van der Waals surface area contributed by atoms with Crippen LogP contribution in [0.5, 0.6) is 0 Å². The number of hydrogen-bond acceptors (Lipinski definition) is 2. The van der Waals surface area contributed by atoms with Crippen molar-refractivity contribution in [2.45, 2.75) is 5.54 Å². The molecule has 1 aliphatic heterocycles. The highest BCUT2D eigenvalue weighted by Crippen LogP contribution is 2.48. The number of anilines is 1. The molecule has 0 unspecified atom stereocenters. The van der Waals surface area contributed by atoms with E-state index in [4.69, 9.17) is 4.99 Å². The summed E-state index contributed by atoms with van der Waals surface area (Å²) in [5.74, 6) is -0.128. The van der Waals surface area contributed by atoms with Crippen LogP contribution >= 0.6 is 0 Å². The van der Waals surface area contributed by atoms with Crippen molar-refractivity contribution in [2.24, 2.45) is 4.99 Å². The second kappa shape index (κ2) is 9.12. The molecule has 6 rings (SSSR count). The molecule has 1 amide bonds. The number of hydrogen-bond donors (Lipinski definition) is 0. The predicted octanol–water partition coefficient (Wildman–Crippen LogP) is 7.15. The summed E-state index contributed by atoms with van der Waals surface area (Å²) < 4.78 is 0. The summed E-state index contributed by atoms with van der Waals surface area (Å²) in [5, 5.41) is 0. The van der Waals surface area contributed by atoms with Gasteiger partial charge in [-0.1, -0.05) is 127 Å². The van der Waals surface area contributed by atoms with Crippen LogP contribution in [0.3, 0.4) is 0 Å². The van der Waals surface area contributed by atoms with Gasteiger partial charge in [0.2, 0.25) is 0 Å². The Hall–Kier alpha value is -4.76. The van der Waals surface area contributed by atoms with Gasteiger partial charge in [-0.05, 0) is 34.9 Å². The van der Waals surface area contributed by atoms with Gasteiger partial charge in [-0.25, -0.2) is 4.99 Å². The third-order valence-corrected chi connectivity index (χ3v) is 6.71. The second-order valence-corrected chi connectivity index (χ2v) is 8.76. The Kier molecular flexibility index (Phi) is 5.51. The lowest BCUT2D eigenvalue weighted by Gasteiger charge is -2.43. The number of aliphatic imine (C=N–C) groups is 1. The molecule has 172 valence electrons. The summed E-state index contributed by atoms with van der Waals surface area (Å²) in [6.45, 7) is 0. The normalized spacial score (nSPS) is 14.2. The van der Waals surface area contributed by atoms with E-state index < -0.39 is 5.54 Å². The Balaban J connectivity index is 1.70. The van der Waals surface area contributed by atoms with E-state index in [9.17, 15) is 4.79 Å². The number of benzene rings is 5. The van der Waals surface area contributed by atoms with Crippen molar-refractivity contribution in [1.82, 2.24) is 0 Å². The van der Waals surface area contributed by atoms with Crippen LogP contribution in [-0.2, 0) is 10.3 Å². The fourth-order valence-electron chi connectivity index (χ4n) is 5.20. The molecule has 36 heavy (non-hydrogen) atoms. The van der Waals surface area contributed by atoms with Crippen molar-refractivity contribution in [1.29, 1.82) is 0 Å². The van der Waals surface area contributed by atoms with E-state index in [1.807, 2.05) is 114 Å². The van der Waals surface area contributed by atoms with Gasteiger partial charge in [-0.3, -0.25) is 9.69 Å². The van der Waals surface area contributed by atoms with Crippen LogP contribution in [0.1, 0.15) is 22.3 Å². The molecule has 0 aliphatic carbocycles. The Morgan fingerprint density at radius 3 is 1.42 bits per heavy atom. The minimum atomic E-state index is -0.898. The minimum absolute atomic E-state index is 0.128. The molecule has 0 fully saturated rings. The van der Waals surface area contributed by atoms with E-state index in [1.165, 1.54) is 0 Å². The van der Waals surface area contributed by atoms with Crippen LogP contribution in [0.25, 0.3) is 0 Å². The number of para-hydroxylation sites is 2. The highest BCUT2D eigenvalue weighted by atomic mass is 16.2. The van der Waals surface area contributed by atoms with Gasteiger partial charge in [0.05, 0.1) is 11.4 Å². The van der Waals surface area contributed by atoms with E-state index in [2.05, 4.69) is 36.4 Å². The molecule has 0 bridgehead atoms. The number of carbonyl (C=O) groups excluding carboxylic acids is 1. The van der Waals surface area contributed by atoms with Crippen molar-refractivity contribution < 1.29 is 4.79 Å². The van der Waals surface area contributed by atoms with E-state index in [1.54, 1.807) is 0 Å². The zero-order valence-corrected chi connectivity index (χ0v) is 19.7. The van der Waals surface area contributed by atoms with E-state index >= 15 is 0 Å². The van der Waals surface area contributed by atoms with Crippen molar-refractivity contribution in [2.75, 3.05) is 4.90 Å². The SMILES string of the molecule is O=C1C(=Nc2ccccc2)c2ccccc2N1C(c1ccccc1)(c1ccccc1)c1ccccc1. The molecule has 5 aromatic carbocycles. The van der Waals surface area contributed by atoms with Crippen LogP contribution in [0.4, 0.5) is 11.4 Å². The van der Waals surface area contributed by atoms with Gasteiger partial charge < -0.3 is 0 Å². The molecular weight excluding hydrogens is 440 g/mol. The van der Waals surface area contributed by atoms with Gasteiger partial charge in [0.25, 0.3) is 5.91 Å². The van der Waals surface area contributed by atoms with Crippen LogP contribution in [0.15, 0.2) is 151 Å². The number of fused-ring (bicyclic) bond motifs is 1. The molecule has 5 aromatic rings. The molecular formula is C33H24N2O. The molecule has 0 aromatic heterocycles. The molecule has 3 nitrogen and oxygen atoms in total. The predicted molar refractivity (Wildman–Crippen MR) is 146 cm³/mol. The van der Waals surface area contributed by atoms with Crippen molar-refractivity contribution in [3.63, 3.8) is 0 Å². The first-order valence-corrected chi connectivity index (χ1v) is 12.0. The topological polar surface area (TPSA) is 32.7 Å². The van der Waals surface area contributed by atoms with E-state index in [0.717, 1.165) is 33.6 Å². The van der Waals surface area contributed by atoms with Crippen LogP contribution in [0.2, 0.25) is 0 Å². The van der Waals surface area contributed by atoms with Gasteiger partial charge >= 0.3 is 0 Å². The third-order valence-electron chi connectivity index (χ3n) is 6.71. The molecule has 0 atom stereocenters. The van der Waals surface area contributed by atoms with Crippen molar-refractivity contribution in [3.05, 3.63) is 168 Å². The average molecular weight is 465 g/mol. The van der Waals surface area contributed by atoms with Crippen LogP contribution < -0.4 is 4.90 Å². The smallest absolute Gasteiger partial charge is 0.278 e. The quantitative estimate of drug-likeness (QED) is 0.254. The third kappa shape index (κ3) is 3.45. The maximum Gasteiger partial charge on any atom is 0.278 e. The van der Waals surface area contributed by atoms with E-state index in [-0.39, 0.29) is 5.91 Å². The lowest BCUT2D eigenvalue weighted by atomic mass is 9.75. The molecule has 3 heteroatoms. The van der Waals surface area contributed by atoms with Gasteiger partial charge in [-0.15, -0.1) is 0 Å². The van der Waals surface area contributed by atoms with Crippen molar-refractivity contribution >= 4 is 23.0 Å². The lowest BCUT2D eigenvalue weighted by molar-refractivity contribution is -0.113. The number of rotatable bonds is 5. The molecule has 0 radical (unpaired) electrons. The molecule has 1 aliphatic rings. The monoisotopic (exact) mass is 464 g/mol. The largest absolute Gasteiger partial charge is 0.288 e. The second-order valence-electron chi connectivity index (χ2n) is 8.76. The summed E-state index contributed by atoms with van der Waals surface area (Å²) >= 11 is 0. The average Bonchev–Trinajstić information content (AvgIpc) is 3.23. The Morgan fingerprint density at radius 1 is 0.500 bits per heavy atom. The maximum atomic E-state index is 14.5. The number of amides is 1. The fraction of sp³-hybridized carbons (Fsp3) is 0.0303. The Morgan fingerprint density at radius 2 is 0.917 bits per heavy atom. The summed E-state index contributed by atoms with van der Waals surface area (Å²) in [6.07, 6.45) is 0. The summed E-state index contributed by atoms with van der Waals surface area (Å²) in [4.78, 5) is 21.3. The van der Waals surface area contributed by atoms with Gasteiger partial charge in [0.1, 0.15) is 11.3 Å². The first-order valence-electron chi connectivity index (χ1n) is 12.0. The lowest BCUT2D eigenvalue weighted by Crippen LogP contribution is -2.51. The van der Waals surface area contributed by atoms with Crippen molar-refractivity contribution in [3.8, 4) is 0 Å². The Labute approximate surface area is 211 Å². The highest BCUT2D eigenvalue weighted by Gasteiger charge is 2.50. The van der Waals surface area contributed by atoms with E-state index in [0.29, 0.717) is 5.71 Å². The Bertz CT molecular complexity index is 1430. The van der Waals surface area contributed by atoms with Crippen LogP contribution in [0, 0.1) is 0 Å². The van der Waals surface area contributed by atoms with Gasteiger partial charge in [-0.2, -0.15) is 0 Å². The number of nitrogens with zero attached hydrogens (tertiary/aromatic N) is 2. The minimum Gasteiger partial charge on any atom is -0.288 e. The first kappa shape index (κ1) is 21.8. The molecule has 0 spiro atoms. The molecule has 0 N–H and O–H groups in total. The highest BCUT2D eigenvalue weighted by molar-refractivity contribution is 6.55. The zero-order chi connectivity index (χ0) is 24.4. The zero-order valence-electron chi connectivity index (χ0n) is 19.7. The van der Waals surface area contributed by atoms with Gasteiger partial charge in [0.15, 0.2) is 0 Å². The van der Waals surface area contributed by atoms with Gasteiger partial charge in [0, 0.05) is 5.56 Å². The number of carbonyl (C=O) groups is 1. The molecule has 0 saturated heterocycles. The first-order chi connectivity index (χ1) is 17.8. The molecule has 1 heterocycles. The summed E-state index contributed by atoms with van der Waals surface area (Å²) in [6, 6.07) is 48.4. The summed E-state index contributed by atoms with van der Waals surface area (Å²) in [5.41, 5.74) is 4.99. The summed E-state index contributed by atoms with van der Waals surface area (Å²) in [7, 11) is 0. The standard InChI is InChI=1S/C33H24N2O/c36-32-31(34-28-21-11-4-12-22-28)29-23-13-14-24-30(29)35(32)33(25-15-5-1-6-16-25,26-17-7-2-8-18-26)27-19-9-3-10-20-27/h1-24H. The van der Waals surface area contributed by atoms with Crippen LogP contribution in [-0.4, -0.2) is 11.6 Å².